The molecule has 3 rings (SSSR count). The Morgan fingerprint density at radius 1 is 1.18 bits per heavy atom. The first-order valence-electron chi connectivity index (χ1n) is 8.42. The van der Waals surface area contributed by atoms with E-state index in [0.717, 1.165) is 10.5 Å². The first-order valence-corrected chi connectivity index (χ1v) is 8.80. The molecule has 28 heavy (non-hydrogen) atoms. The normalized spacial score (nSPS) is 15.6. The van der Waals surface area contributed by atoms with Gasteiger partial charge in [-0.15, -0.1) is 0 Å². The van der Waals surface area contributed by atoms with Crippen molar-refractivity contribution < 1.29 is 19.1 Å². The zero-order chi connectivity index (χ0) is 20.3. The van der Waals surface area contributed by atoms with E-state index in [2.05, 4.69) is 11.9 Å². The smallest absolute Gasteiger partial charge is 0.335 e. The molecular weight excluding hydrogens is 380 g/mol. The van der Waals surface area contributed by atoms with Crippen LogP contribution in [0.5, 0.6) is 5.75 Å². The highest BCUT2D eigenvalue weighted by Crippen LogP contribution is 2.28. The van der Waals surface area contributed by atoms with Crippen LogP contribution in [0.15, 0.2) is 60.7 Å². The first-order chi connectivity index (χ1) is 13.4. The zero-order valence-electron chi connectivity index (χ0n) is 15.1. The standard InChI is InChI=1S/C21H17ClN2O4/c1-3-9-28-18-8-7-14(12-17(18)22)11-16-19(25)23-21(27)24(20(16)26)15-6-4-5-13(2)10-15/h3-8,10-12H,1,9H2,2H3,(H,23,25,27)/b16-11+. The van der Waals surface area contributed by atoms with Crippen LogP contribution in [0.25, 0.3) is 6.08 Å². The summed E-state index contributed by atoms with van der Waals surface area (Å²) in [6, 6.07) is 11.0. The molecule has 1 saturated heterocycles. The number of nitrogens with one attached hydrogen (secondary N) is 1. The first kappa shape index (κ1) is 19.4. The Morgan fingerprint density at radius 3 is 2.64 bits per heavy atom. The molecule has 1 aliphatic rings. The van der Waals surface area contributed by atoms with E-state index in [1.807, 2.05) is 13.0 Å². The summed E-state index contributed by atoms with van der Waals surface area (Å²) in [5.74, 6) is -1.01. The van der Waals surface area contributed by atoms with Crippen LogP contribution in [0.1, 0.15) is 11.1 Å². The fourth-order valence-electron chi connectivity index (χ4n) is 2.70. The van der Waals surface area contributed by atoms with Gasteiger partial charge >= 0.3 is 6.03 Å². The molecule has 0 spiro atoms. The quantitative estimate of drug-likeness (QED) is 0.472. The second-order valence-corrected chi connectivity index (χ2v) is 6.49. The molecule has 7 heteroatoms. The highest BCUT2D eigenvalue weighted by molar-refractivity contribution is 6.39. The predicted octanol–water partition coefficient (Wildman–Crippen LogP) is 3.88. The minimum Gasteiger partial charge on any atom is -0.488 e. The Bertz CT molecular complexity index is 1010. The lowest BCUT2D eigenvalue weighted by atomic mass is 10.1. The van der Waals surface area contributed by atoms with Crippen LogP contribution in [0.4, 0.5) is 10.5 Å². The molecule has 0 saturated carbocycles. The van der Waals surface area contributed by atoms with Gasteiger partial charge in [0.05, 0.1) is 10.7 Å². The van der Waals surface area contributed by atoms with Crippen molar-refractivity contribution in [1.29, 1.82) is 0 Å². The van der Waals surface area contributed by atoms with Crippen molar-refractivity contribution in [1.82, 2.24) is 5.32 Å². The summed E-state index contributed by atoms with van der Waals surface area (Å²) < 4.78 is 5.40. The summed E-state index contributed by atoms with van der Waals surface area (Å²) in [7, 11) is 0. The largest absolute Gasteiger partial charge is 0.488 e. The van der Waals surface area contributed by atoms with Crippen LogP contribution in [-0.2, 0) is 9.59 Å². The molecule has 0 atom stereocenters. The van der Waals surface area contributed by atoms with Crippen LogP contribution in [0, 0.1) is 6.92 Å². The summed E-state index contributed by atoms with van der Waals surface area (Å²) in [5.41, 5.74) is 1.61. The number of benzene rings is 2. The van der Waals surface area contributed by atoms with Gasteiger partial charge in [0.1, 0.15) is 17.9 Å². The number of ether oxygens (including phenoxy) is 1. The van der Waals surface area contributed by atoms with E-state index in [9.17, 15) is 14.4 Å². The van der Waals surface area contributed by atoms with Crippen molar-refractivity contribution in [2.75, 3.05) is 11.5 Å². The van der Waals surface area contributed by atoms with Crippen LogP contribution in [0.3, 0.4) is 0 Å². The molecule has 1 heterocycles. The Kier molecular flexibility index (Phi) is 5.61. The topological polar surface area (TPSA) is 75.7 Å². The van der Waals surface area contributed by atoms with Gasteiger partial charge in [-0.1, -0.05) is 42.5 Å². The number of halogens is 1. The number of nitrogens with zero attached hydrogens (tertiary/aromatic N) is 1. The van der Waals surface area contributed by atoms with Crippen molar-refractivity contribution in [3.05, 3.63) is 76.8 Å². The molecule has 1 fully saturated rings. The van der Waals surface area contributed by atoms with E-state index in [1.165, 1.54) is 6.08 Å². The number of urea groups is 1. The molecule has 2 aromatic carbocycles. The lowest BCUT2D eigenvalue weighted by Gasteiger charge is -2.26. The minimum absolute atomic E-state index is 0.170. The Balaban J connectivity index is 1.95. The van der Waals surface area contributed by atoms with E-state index in [4.69, 9.17) is 16.3 Å². The van der Waals surface area contributed by atoms with Crippen LogP contribution in [-0.4, -0.2) is 24.5 Å². The molecular formula is C21H17ClN2O4. The number of anilines is 1. The second kappa shape index (κ2) is 8.10. The van der Waals surface area contributed by atoms with Gasteiger partial charge in [-0.25, -0.2) is 9.69 Å². The van der Waals surface area contributed by atoms with Crippen LogP contribution >= 0.6 is 11.6 Å². The molecule has 0 aliphatic carbocycles. The van der Waals surface area contributed by atoms with E-state index in [0.29, 0.717) is 28.6 Å². The summed E-state index contributed by atoms with van der Waals surface area (Å²) in [5, 5.41) is 2.52. The van der Waals surface area contributed by atoms with E-state index >= 15 is 0 Å². The predicted molar refractivity (Wildman–Crippen MR) is 107 cm³/mol. The fraction of sp³-hybridized carbons (Fsp3) is 0.0952. The highest BCUT2D eigenvalue weighted by atomic mass is 35.5. The maximum Gasteiger partial charge on any atom is 0.335 e. The molecule has 142 valence electrons. The molecule has 0 bridgehead atoms. The van der Waals surface area contributed by atoms with Gasteiger partial charge < -0.3 is 4.74 Å². The number of hydrogen-bond acceptors (Lipinski definition) is 4. The molecule has 0 unspecified atom stereocenters. The van der Waals surface area contributed by atoms with Crippen molar-refractivity contribution in [3.8, 4) is 5.75 Å². The van der Waals surface area contributed by atoms with Gasteiger partial charge in [-0.05, 0) is 48.4 Å². The van der Waals surface area contributed by atoms with Gasteiger partial charge in [0.25, 0.3) is 11.8 Å². The molecule has 1 N–H and O–H groups in total. The van der Waals surface area contributed by atoms with Crippen molar-refractivity contribution in [3.63, 3.8) is 0 Å². The molecule has 2 aromatic rings. The summed E-state index contributed by atoms with van der Waals surface area (Å²) in [6.07, 6.45) is 2.98. The third-order valence-corrected chi connectivity index (χ3v) is 4.28. The molecule has 0 radical (unpaired) electrons. The monoisotopic (exact) mass is 396 g/mol. The fourth-order valence-corrected chi connectivity index (χ4v) is 2.94. The number of hydrogen-bond donors (Lipinski definition) is 1. The maximum atomic E-state index is 12.9. The van der Waals surface area contributed by atoms with E-state index < -0.39 is 17.8 Å². The van der Waals surface area contributed by atoms with Crippen LogP contribution < -0.4 is 15.0 Å². The van der Waals surface area contributed by atoms with Gasteiger partial charge in [-0.3, -0.25) is 14.9 Å². The average molecular weight is 397 g/mol. The number of aryl methyl sites for hydroxylation is 1. The molecule has 4 amide bonds. The van der Waals surface area contributed by atoms with Gasteiger partial charge in [-0.2, -0.15) is 0 Å². The van der Waals surface area contributed by atoms with Crippen molar-refractivity contribution in [2.24, 2.45) is 0 Å². The van der Waals surface area contributed by atoms with Gasteiger partial charge in [0.2, 0.25) is 0 Å². The summed E-state index contributed by atoms with van der Waals surface area (Å²) in [4.78, 5) is 38.3. The number of imide groups is 2. The number of carbonyl (C=O) groups excluding carboxylic acids is 3. The zero-order valence-corrected chi connectivity index (χ0v) is 15.8. The van der Waals surface area contributed by atoms with E-state index in [1.54, 1.807) is 42.5 Å². The number of amides is 4. The van der Waals surface area contributed by atoms with Crippen LogP contribution in [0.2, 0.25) is 5.02 Å². The number of carbonyl (C=O) groups is 3. The lowest BCUT2D eigenvalue weighted by Crippen LogP contribution is -2.54. The summed E-state index contributed by atoms with van der Waals surface area (Å²) in [6.45, 7) is 5.71. The number of barbiturate groups is 1. The van der Waals surface area contributed by atoms with Crippen molar-refractivity contribution in [2.45, 2.75) is 6.92 Å². The lowest BCUT2D eigenvalue weighted by molar-refractivity contribution is -0.122. The SMILES string of the molecule is C=CCOc1ccc(/C=C2\C(=O)NC(=O)N(c3cccc(C)c3)C2=O)cc1Cl. The van der Waals surface area contributed by atoms with Crippen molar-refractivity contribution >= 4 is 41.2 Å². The molecule has 6 nitrogen and oxygen atoms in total. The van der Waals surface area contributed by atoms with Gasteiger partial charge in [0.15, 0.2) is 0 Å². The van der Waals surface area contributed by atoms with Gasteiger partial charge in [0, 0.05) is 0 Å². The third-order valence-electron chi connectivity index (χ3n) is 3.99. The average Bonchev–Trinajstić information content (AvgIpc) is 2.64. The second-order valence-electron chi connectivity index (χ2n) is 6.09. The Hall–Kier alpha value is -3.38. The Labute approximate surface area is 167 Å². The molecule has 0 aromatic heterocycles. The summed E-state index contributed by atoms with van der Waals surface area (Å²) >= 11 is 6.18. The maximum absolute atomic E-state index is 12.9. The minimum atomic E-state index is -0.788. The molecule has 1 aliphatic heterocycles. The Morgan fingerprint density at radius 2 is 1.96 bits per heavy atom. The van der Waals surface area contributed by atoms with E-state index in [-0.39, 0.29) is 5.57 Å². The number of rotatable bonds is 5. The highest BCUT2D eigenvalue weighted by Gasteiger charge is 2.36. The third kappa shape index (κ3) is 3.97.